The number of anilines is 1. The van der Waals surface area contributed by atoms with Gasteiger partial charge < -0.3 is 10.6 Å². The number of benzene rings is 1. The maximum Gasteiger partial charge on any atom is 0.416 e. The van der Waals surface area contributed by atoms with Crippen LogP contribution in [-0.2, 0) is 11.0 Å². The van der Waals surface area contributed by atoms with Gasteiger partial charge in [-0.05, 0) is 38.0 Å². The Morgan fingerprint density at radius 1 is 1.35 bits per heavy atom. The van der Waals surface area contributed by atoms with Gasteiger partial charge >= 0.3 is 6.18 Å². The van der Waals surface area contributed by atoms with E-state index in [1.165, 1.54) is 6.07 Å². The molecule has 1 atom stereocenters. The van der Waals surface area contributed by atoms with Gasteiger partial charge in [-0.3, -0.25) is 4.79 Å². The van der Waals surface area contributed by atoms with Gasteiger partial charge in [0.1, 0.15) is 6.04 Å². The predicted octanol–water partition coefficient (Wildman–Crippen LogP) is 3.44. The zero-order chi connectivity index (χ0) is 14.9. The maximum atomic E-state index is 12.7. The van der Waals surface area contributed by atoms with Crippen LogP contribution in [0.3, 0.4) is 0 Å². The lowest BCUT2D eigenvalue weighted by atomic mass is 10.1. The number of hydrogen-bond donors (Lipinski definition) is 2. The van der Waals surface area contributed by atoms with E-state index in [1.54, 1.807) is 6.92 Å². The Bertz CT molecular complexity index is 515. The second-order valence-electron chi connectivity index (χ2n) is 4.88. The molecule has 0 saturated heterocycles. The van der Waals surface area contributed by atoms with Crippen LogP contribution < -0.4 is 10.6 Å². The van der Waals surface area contributed by atoms with Gasteiger partial charge in [-0.1, -0.05) is 11.6 Å². The highest BCUT2D eigenvalue weighted by atomic mass is 35.5. The summed E-state index contributed by atoms with van der Waals surface area (Å²) in [5.74, 6) is -0.235. The van der Waals surface area contributed by atoms with Crippen molar-refractivity contribution < 1.29 is 18.0 Å². The molecule has 0 bridgehead atoms. The number of halogens is 4. The first-order valence-corrected chi connectivity index (χ1v) is 6.58. The Hall–Kier alpha value is -1.43. The Kier molecular flexibility index (Phi) is 4.13. The van der Waals surface area contributed by atoms with Crippen LogP contribution in [0.5, 0.6) is 0 Å². The summed E-state index contributed by atoms with van der Waals surface area (Å²) in [7, 11) is 0. The van der Waals surface area contributed by atoms with Crippen LogP contribution in [0.2, 0.25) is 5.02 Å². The summed E-state index contributed by atoms with van der Waals surface area (Å²) in [5.41, 5.74) is -0.675. The minimum atomic E-state index is -4.47. The zero-order valence-electron chi connectivity index (χ0n) is 10.7. The molecule has 1 amide bonds. The molecule has 0 heterocycles. The summed E-state index contributed by atoms with van der Waals surface area (Å²) < 4.78 is 38.0. The fourth-order valence-electron chi connectivity index (χ4n) is 1.71. The van der Waals surface area contributed by atoms with Gasteiger partial charge in [0.05, 0.1) is 5.56 Å². The van der Waals surface area contributed by atoms with Crippen LogP contribution in [-0.4, -0.2) is 18.0 Å². The maximum absolute atomic E-state index is 12.7. The summed E-state index contributed by atoms with van der Waals surface area (Å²) >= 11 is 5.67. The van der Waals surface area contributed by atoms with E-state index in [9.17, 15) is 18.0 Å². The molecule has 1 fully saturated rings. The lowest BCUT2D eigenvalue weighted by Crippen LogP contribution is -2.38. The third kappa shape index (κ3) is 4.03. The summed E-state index contributed by atoms with van der Waals surface area (Å²) in [5, 5.41) is 5.48. The van der Waals surface area contributed by atoms with E-state index in [1.807, 2.05) is 0 Å². The first kappa shape index (κ1) is 15.0. The van der Waals surface area contributed by atoms with E-state index >= 15 is 0 Å². The van der Waals surface area contributed by atoms with E-state index < -0.39 is 17.8 Å². The molecule has 3 nitrogen and oxygen atoms in total. The van der Waals surface area contributed by atoms with Crippen molar-refractivity contribution in [1.82, 2.24) is 5.32 Å². The fraction of sp³-hybridized carbons (Fsp3) is 0.462. The van der Waals surface area contributed by atoms with E-state index in [4.69, 9.17) is 11.6 Å². The number of alkyl halides is 3. The van der Waals surface area contributed by atoms with Gasteiger partial charge in [0, 0.05) is 16.8 Å². The molecule has 1 aromatic rings. The number of amides is 1. The van der Waals surface area contributed by atoms with Crippen LogP contribution in [0.4, 0.5) is 18.9 Å². The molecule has 1 aliphatic carbocycles. The molecule has 0 spiro atoms. The summed E-state index contributed by atoms with van der Waals surface area (Å²) in [6, 6.07) is 2.72. The van der Waals surface area contributed by atoms with Gasteiger partial charge in [-0.2, -0.15) is 13.2 Å². The third-order valence-electron chi connectivity index (χ3n) is 2.93. The Labute approximate surface area is 119 Å². The monoisotopic (exact) mass is 306 g/mol. The quantitative estimate of drug-likeness (QED) is 0.894. The number of nitrogens with one attached hydrogen (secondary N) is 2. The van der Waals surface area contributed by atoms with Crippen molar-refractivity contribution in [1.29, 1.82) is 0 Å². The van der Waals surface area contributed by atoms with Crippen LogP contribution in [0.1, 0.15) is 25.3 Å². The molecule has 2 N–H and O–H groups in total. The van der Waals surface area contributed by atoms with Gasteiger partial charge in [-0.15, -0.1) is 0 Å². The van der Waals surface area contributed by atoms with Gasteiger partial charge in [0.2, 0.25) is 5.91 Å². The summed E-state index contributed by atoms with van der Waals surface area (Å²) in [6.07, 6.45) is -2.57. The van der Waals surface area contributed by atoms with Gasteiger partial charge in [0.25, 0.3) is 0 Å². The average molecular weight is 307 g/mol. The molecule has 1 saturated carbocycles. The molecule has 1 unspecified atom stereocenters. The first-order chi connectivity index (χ1) is 9.25. The fourth-order valence-corrected chi connectivity index (χ4v) is 1.94. The highest BCUT2D eigenvalue weighted by molar-refractivity contribution is 6.31. The first-order valence-electron chi connectivity index (χ1n) is 6.20. The molecule has 110 valence electrons. The van der Waals surface area contributed by atoms with Crippen LogP contribution in [0.25, 0.3) is 0 Å². The molecule has 0 aliphatic heterocycles. The largest absolute Gasteiger partial charge is 0.416 e. The van der Waals surface area contributed by atoms with Crippen LogP contribution in [0, 0.1) is 0 Å². The van der Waals surface area contributed by atoms with E-state index in [0.717, 1.165) is 25.0 Å². The topological polar surface area (TPSA) is 41.1 Å². The minimum Gasteiger partial charge on any atom is -0.374 e. The Morgan fingerprint density at radius 2 is 2.00 bits per heavy atom. The molecule has 0 radical (unpaired) electrons. The lowest BCUT2D eigenvalue weighted by Gasteiger charge is -2.17. The molecule has 2 rings (SSSR count). The Morgan fingerprint density at radius 3 is 2.55 bits per heavy atom. The number of carbonyl (C=O) groups excluding carboxylic acids is 1. The highest BCUT2D eigenvalue weighted by Gasteiger charge is 2.31. The predicted molar refractivity (Wildman–Crippen MR) is 70.7 cm³/mol. The zero-order valence-corrected chi connectivity index (χ0v) is 11.5. The molecule has 1 aliphatic rings. The summed E-state index contributed by atoms with van der Waals surface area (Å²) in [4.78, 5) is 11.7. The third-order valence-corrected chi connectivity index (χ3v) is 3.14. The highest BCUT2D eigenvalue weighted by Crippen LogP contribution is 2.33. The van der Waals surface area contributed by atoms with Crippen LogP contribution >= 0.6 is 11.6 Å². The van der Waals surface area contributed by atoms with Crippen molar-refractivity contribution in [2.24, 2.45) is 0 Å². The SMILES string of the molecule is CC(Nc1cc(Cl)cc(C(F)(F)F)c1)C(=O)NC1CC1. The molecular formula is C13H14ClF3N2O. The second kappa shape index (κ2) is 5.52. The molecule has 7 heteroatoms. The van der Waals surface area contributed by atoms with Crippen molar-refractivity contribution >= 4 is 23.2 Å². The minimum absolute atomic E-state index is 0.0304. The van der Waals surface area contributed by atoms with Crippen molar-refractivity contribution in [2.45, 2.75) is 38.0 Å². The summed E-state index contributed by atoms with van der Waals surface area (Å²) in [6.45, 7) is 1.59. The molecule has 20 heavy (non-hydrogen) atoms. The number of hydrogen-bond acceptors (Lipinski definition) is 2. The number of rotatable bonds is 4. The lowest BCUT2D eigenvalue weighted by molar-refractivity contribution is -0.137. The van der Waals surface area contributed by atoms with Crippen LogP contribution in [0.15, 0.2) is 18.2 Å². The van der Waals surface area contributed by atoms with Crippen molar-refractivity contribution in [3.05, 3.63) is 28.8 Å². The van der Waals surface area contributed by atoms with E-state index in [-0.39, 0.29) is 22.7 Å². The van der Waals surface area contributed by atoms with Gasteiger partial charge in [0.15, 0.2) is 0 Å². The average Bonchev–Trinajstić information content (AvgIpc) is 3.10. The van der Waals surface area contributed by atoms with Crippen molar-refractivity contribution in [3.8, 4) is 0 Å². The molecule has 0 aromatic heterocycles. The van der Waals surface area contributed by atoms with Crippen molar-refractivity contribution in [3.63, 3.8) is 0 Å². The van der Waals surface area contributed by atoms with E-state index in [2.05, 4.69) is 10.6 Å². The standard InChI is InChI=1S/C13H14ClF3N2O/c1-7(12(20)19-10-2-3-10)18-11-5-8(13(15,16)17)4-9(14)6-11/h4-7,10,18H,2-3H2,1H3,(H,19,20). The number of carbonyl (C=O) groups is 1. The Balaban J connectivity index is 2.08. The van der Waals surface area contributed by atoms with E-state index in [0.29, 0.717) is 0 Å². The molecular weight excluding hydrogens is 293 g/mol. The second-order valence-corrected chi connectivity index (χ2v) is 5.31. The normalized spacial score (nSPS) is 16.6. The van der Waals surface area contributed by atoms with Gasteiger partial charge in [-0.25, -0.2) is 0 Å². The smallest absolute Gasteiger partial charge is 0.374 e. The molecule has 1 aromatic carbocycles. The van der Waals surface area contributed by atoms with Crippen molar-refractivity contribution in [2.75, 3.05) is 5.32 Å².